The van der Waals surface area contributed by atoms with Crippen LogP contribution in [-0.2, 0) is 28.6 Å². The van der Waals surface area contributed by atoms with Gasteiger partial charge in [0.2, 0.25) is 0 Å². The predicted octanol–water partition coefficient (Wildman–Crippen LogP) is 22.5. The van der Waals surface area contributed by atoms with Crippen LogP contribution < -0.4 is 0 Å². The van der Waals surface area contributed by atoms with Crippen LogP contribution in [0, 0.1) is 0 Å². The van der Waals surface area contributed by atoms with E-state index in [4.69, 9.17) is 14.2 Å². The van der Waals surface area contributed by atoms with Gasteiger partial charge in [-0.2, -0.15) is 0 Å². The van der Waals surface area contributed by atoms with E-state index >= 15 is 0 Å². The van der Waals surface area contributed by atoms with Crippen molar-refractivity contribution < 1.29 is 28.6 Å². The van der Waals surface area contributed by atoms with Gasteiger partial charge in [0.25, 0.3) is 0 Å². The van der Waals surface area contributed by atoms with Crippen molar-refractivity contribution in [3.05, 3.63) is 158 Å². The summed E-state index contributed by atoms with van der Waals surface area (Å²) < 4.78 is 16.9. The second-order valence-corrected chi connectivity index (χ2v) is 20.9. The van der Waals surface area contributed by atoms with Gasteiger partial charge in [0.1, 0.15) is 13.2 Å². The van der Waals surface area contributed by atoms with Crippen LogP contribution in [0.2, 0.25) is 0 Å². The number of unbranched alkanes of at least 4 members (excludes halogenated alkanes) is 20. The number of hydrogen-bond donors (Lipinski definition) is 0. The molecular formula is C74H118O6. The molecule has 6 nitrogen and oxygen atoms in total. The molecule has 0 saturated heterocycles. The number of hydrogen-bond acceptors (Lipinski definition) is 6. The molecule has 0 aromatic rings. The maximum absolute atomic E-state index is 12.9. The molecule has 0 aromatic heterocycles. The van der Waals surface area contributed by atoms with Gasteiger partial charge in [-0.15, -0.1) is 0 Å². The van der Waals surface area contributed by atoms with E-state index in [2.05, 4.69) is 179 Å². The Morgan fingerprint density at radius 2 is 0.500 bits per heavy atom. The Morgan fingerprint density at radius 3 is 0.812 bits per heavy atom. The van der Waals surface area contributed by atoms with Crippen LogP contribution in [0.3, 0.4) is 0 Å². The fourth-order valence-corrected chi connectivity index (χ4v) is 8.45. The summed E-state index contributed by atoms with van der Waals surface area (Å²) in [6.45, 7) is 6.33. The van der Waals surface area contributed by atoms with Crippen molar-refractivity contribution >= 4 is 17.9 Å². The summed E-state index contributed by atoms with van der Waals surface area (Å²) in [6.07, 6.45) is 96.8. The number of allylic oxidation sites excluding steroid dienone is 26. The molecule has 1 atom stereocenters. The normalized spacial score (nSPS) is 13.2. The van der Waals surface area contributed by atoms with Gasteiger partial charge in [-0.3, -0.25) is 14.4 Å². The van der Waals surface area contributed by atoms with Crippen LogP contribution in [0.25, 0.3) is 0 Å². The van der Waals surface area contributed by atoms with Gasteiger partial charge in [-0.25, -0.2) is 0 Å². The monoisotopic (exact) mass is 1100 g/mol. The number of carbonyl (C=O) groups excluding carboxylic acids is 3. The van der Waals surface area contributed by atoms with E-state index in [0.717, 1.165) is 135 Å². The molecule has 0 amide bonds. The summed E-state index contributed by atoms with van der Waals surface area (Å²) in [5.74, 6) is -0.985. The third kappa shape index (κ3) is 63.9. The Bertz CT molecular complexity index is 1790. The van der Waals surface area contributed by atoms with E-state index < -0.39 is 6.10 Å². The molecule has 1 unspecified atom stereocenters. The van der Waals surface area contributed by atoms with Crippen molar-refractivity contribution in [3.8, 4) is 0 Å². The highest BCUT2D eigenvalue weighted by Gasteiger charge is 2.19. The molecule has 0 aliphatic carbocycles. The molecule has 80 heavy (non-hydrogen) atoms. The van der Waals surface area contributed by atoms with Crippen molar-refractivity contribution in [1.82, 2.24) is 0 Å². The highest BCUT2D eigenvalue weighted by atomic mass is 16.6. The first-order valence-corrected chi connectivity index (χ1v) is 32.5. The average Bonchev–Trinajstić information content (AvgIpc) is 3.46. The number of rotatable bonds is 57. The molecule has 0 bridgehead atoms. The van der Waals surface area contributed by atoms with Crippen LogP contribution in [0.15, 0.2) is 158 Å². The largest absolute Gasteiger partial charge is 0.462 e. The number of carbonyl (C=O) groups is 3. The zero-order valence-electron chi connectivity index (χ0n) is 51.5. The Hall–Kier alpha value is -4.97. The highest BCUT2D eigenvalue weighted by Crippen LogP contribution is 2.15. The van der Waals surface area contributed by atoms with E-state index in [1.807, 2.05) is 0 Å². The van der Waals surface area contributed by atoms with E-state index in [1.165, 1.54) is 89.9 Å². The molecule has 0 heterocycles. The Kier molecular flexibility index (Phi) is 62.4. The SMILES string of the molecule is CC/C=C\C/C=C\C/C=C\C/C=C\C/C=C\C/C=C\C/C=C\CCCC(=O)OC(COC(=O)CCCCCCC/C=C\CCCCC)COC(=O)CCCCCCCCCCCCC/C=C\C/C=C\C/C=C\C/C=C\C/C=C\CC. The van der Waals surface area contributed by atoms with Crippen molar-refractivity contribution in [1.29, 1.82) is 0 Å². The second kappa shape index (κ2) is 66.5. The molecule has 0 saturated carbocycles. The van der Waals surface area contributed by atoms with Crippen molar-refractivity contribution in [3.63, 3.8) is 0 Å². The molecule has 0 aliphatic heterocycles. The first kappa shape index (κ1) is 75.0. The maximum atomic E-state index is 12.9. The van der Waals surface area contributed by atoms with Crippen LogP contribution in [0.4, 0.5) is 0 Å². The predicted molar refractivity (Wildman–Crippen MR) is 348 cm³/mol. The lowest BCUT2D eigenvalue weighted by Crippen LogP contribution is -2.30. The second-order valence-electron chi connectivity index (χ2n) is 20.9. The van der Waals surface area contributed by atoms with Crippen LogP contribution in [0.1, 0.15) is 271 Å². The van der Waals surface area contributed by atoms with Gasteiger partial charge in [-0.05, 0) is 141 Å². The first-order valence-electron chi connectivity index (χ1n) is 32.5. The van der Waals surface area contributed by atoms with Gasteiger partial charge in [0.05, 0.1) is 0 Å². The summed E-state index contributed by atoms with van der Waals surface area (Å²) >= 11 is 0. The molecule has 6 heteroatoms. The summed E-state index contributed by atoms with van der Waals surface area (Å²) in [7, 11) is 0. The molecule has 0 spiro atoms. The minimum Gasteiger partial charge on any atom is -0.462 e. The minimum atomic E-state index is -0.821. The van der Waals surface area contributed by atoms with Gasteiger partial charge in [-0.1, -0.05) is 269 Å². The van der Waals surface area contributed by atoms with E-state index in [9.17, 15) is 14.4 Å². The third-order valence-corrected chi connectivity index (χ3v) is 13.2. The summed E-state index contributed by atoms with van der Waals surface area (Å²) in [4.78, 5) is 38.3. The van der Waals surface area contributed by atoms with Gasteiger partial charge < -0.3 is 14.2 Å². The number of ether oxygens (including phenoxy) is 3. The van der Waals surface area contributed by atoms with E-state index in [0.29, 0.717) is 19.3 Å². The molecule has 450 valence electrons. The van der Waals surface area contributed by atoms with Crippen LogP contribution in [0.5, 0.6) is 0 Å². The highest BCUT2D eigenvalue weighted by molar-refractivity contribution is 5.71. The van der Waals surface area contributed by atoms with E-state index in [1.54, 1.807) is 0 Å². The molecule has 0 aromatic carbocycles. The fraction of sp³-hybridized carbons (Fsp3) is 0.608. The van der Waals surface area contributed by atoms with Gasteiger partial charge >= 0.3 is 17.9 Å². The quantitative estimate of drug-likeness (QED) is 0.0261. The zero-order valence-corrected chi connectivity index (χ0v) is 51.5. The lowest BCUT2D eigenvalue weighted by molar-refractivity contribution is -0.167. The Balaban J connectivity index is 4.42. The smallest absolute Gasteiger partial charge is 0.306 e. The van der Waals surface area contributed by atoms with Crippen molar-refractivity contribution in [2.45, 2.75) is 277 Å². The zero-order chi connectivity index (χ0) is 57.8. The molecule has 0 rings (SSSR count). The lowest BCUT2D eigenvalue weighted by Gasteiger charge is -2.18. The first-order chi connectivity index (χ1) is 39.5. The van der Waals surface area contributed by atoms with Gasteiger partial charge in [0, 0.05) is 19.3 Å². The average molecular weight is 1100 g/mol. The lowest BCUT2D eigenvalue weighted by atomic mass is 10.0. The topological polar surface area (TPSA) is 78.9 Å². The molecule has 0 fully saturated rings. The van der Waals surface area contributed by atoms with Crippen molar-refractivity contribution in [2.75, 3.05) is 13.2 Å². The Labute approximate surface area is 492 Å². The van der Waals surface area contributed by atoms with Gasteiger partial charge in [0.15, 0.2) is 6.10 Å². The molecule has 0 radical (unpaired) electrons. The van der Waals surface area contributed by atoms with Crippen LogP contribution >= 0.6 is 0 Å². The maximum Gasteiger partial charge on any atom is 0.306 e. The molecule has 0 aliphatic rings. The van der Waals surface area contributed by atoms with Crippen LogP contribution in [-0.4, -0.2) is 37.2 Å². The summed E-state index contributed by atoms with van der Waals surface area (Å²) in [5, 5.41) is 0. The fourth-order valence-electron chi connectivity index (χ4n) is 8.45. The number of esters is 3. The molecule has 0 N–H and O–H groups in total. The summed E-state index contributed by atoms with van der Waals surface area (Å²) in [6, 6.07) is 0. The Morgan fingerprint density at radius 1 is 0.263 bits per heavy atom. The minimum absolute atomic E-state index is 0.111. The van der Waals surface area contributed by atoms with E-state index in [-0.39, 0.29) is 37.5 Å². The molecular weight excluding hydrogens is 985 g/mol. The third-order valence-electron chi connectivity index (χ3n) is 13.2. The summed E-state index contributed by atoms with van der Waals surface area (Å²) in [5.41, 5.74) is 0. The standard InChI is InChI=1S/C74H118O6/c1-4-7-10-13-16-19-22-25-27-29-31-33-35-36-37-38-40-41-43-45-47-49-52-55-58-61-64-67-73(76)79-70-71(69-78-72(75)66-63-60-57-54-51-24-21-18-15-12-9-6-3)80-74(77)68-65-62-59-56-53-50-48-46-44-42-39-34-32-30-28-26-23-20-17-14-11-8-5-2/h7-8,10-11,16-21,25-28,31-34,36-37,42,44,48,50,56,59,71H,4-6,9,12-15,22-24,29-30,35,38-41,43,45-47,49,51-55,57-58,60-70H2,1-3H3/b10-7-,11-8-,19-16-,20-17-,21-18-,27-25-,28-26-,33-31-,34-32-,37-36-,44-42-,50-48-,59-56-. The van der Waals surface area contributed by atoms with Crippen molar-refractivity contribution in [2.24, 2.45) is 0 Å².